The lowest BCUT2D eigenvalue weighted by atomic mass is 9.91. The topological polar surface area (TPSA) is 23.6 Å². The Morgan fingerprint density at radius 1 is 0.958 bits per heavy atom. The molecule has 2 atom stereocenters. The summed E-state index contributed by atoms with van der Waals surface area (Å²) in [6.45, 7) is 3.86. The summed E-state index contributed by atoms with van der Waals surface area (Å²) in [6.07, 6.45) is 0.468. The number of likely N-dealkylation sites (tertiary alicyclic amines) is 2. The second kappa shape index (κ2) is 6.58. The normalized spacial score (nSPS) is 23.0. The van der Waals surface area contributed by atoms with Gasteiger partial charge in [0.2, 0.25) is 5.91 Å². The van der Waals surface area contributed by atoms with Gasteiger partial charge in [-0.1, -0.05) is 54.1 Å². The predicted octanol–water partition coefficient (Wildman–Crippen LogP) is 3.23. The van der Waals surface area contributed by atoms with Crippen LogP contribution in [-0.2, 0) is 17.8 Å². The number of carbonyl (C=O) groups excluding carboxylic acids is 1. The molecule has 124 valence electrons. The summed E-state index contributed by atoms with van der Waals surface area (Å²) >= 11 is 5.90. The highest BCUT2D eigenvalue weighted by atomic mass is 35.5. The Kier molecular flexibility index (Phi) is 4.30. The van der Waals surface area contributed by atoms with Crippen LogP contribution < -0.4 is 0 Å². The quantitative estimate of drug-likeness (QED) is 0.853. The van der Waals surface area contributed by atoms with Crippen LogP contribution in [0.2, 0.25) is 5.02 Å². The van der Waals surface area contributed by atoms with E-state index in [1.807, 2.05) is 29.2 Å². The molecule has 2 aromatic carbocycles. The van der Waals surface area contributed by atoms with Crippen LogP contribution >= 0.6 is 11.6 Å². The molecule has 24 heavy (non-hydrogen) atoms. The predicted molar refractivity (Wildman–Crippen MR) is 95.9 cm³/mol. The van der Waals surface area contributed by atoms with Gasteiger partial charge in [-0.25, -0.2) is 0 Å². The summed E-state index contributed by atoms with van der Waals surface area (Å²) in [6, 6.07) is 18.7. The van der Waals surface area contributed by atoms with Gasteiger partial charge >= 0.3 is 0 Å². The van der Waals surface area contributed by atoms with Gasteiger partial charge in [-0.2, -0.15) is 0 Å². The van der Waals surface area contributed by atoms with Crippen molar-refractivity contribution in [1.82, 2.24) is 9.80 Å². The zero-order chi connectivity index (χ0) is 16.5. The van der Waals surface area contributed by atoms with Gasteiger partial charge < -0.3 is 4.90 Å². The van der Waals surface area contributed by atoms with Crippen LogP contribution in [0.15, 0.2) is 54.6 Å². The first-order valence-corrected chi connectivity index (χ1v) is 8.87. The fourth-order valence-electron chi connectivity index (χ4n) is 3.84. The molecule has 0 N–H and O–H groups in total. The van der Waals surface area contributed by atoms with E-state index in [1.165, 1.54) is 5.56 Å². The van der Waals surface area contributed by atoms with E-state index in [9.17, 15) is 4.79 Å². The van der Waals surface area contributed by atoms with Crippen molar-refractivity contribution in [3.63, 3.8) is 0 Å². The number of benzene rings is 2. The van der Waals surface area contributed by atoms with Crippen LogP contribution in [0.4, 0.5) is 0 Å². The summed E-state index contributed by atoms with van der Waals surface area (Å²) in [7, 11) is 0. The van der Waals surface area contributed by atoms with Crippen molar-refractivity contribution in [3.05, 3.63) is 70.7 Å². The van der Waals surface area contributed by atoms with Gasteiger partial charge in [0.15, 0.2) is 0 Å². The maximum Gasteiger partial charge on any atom is 0.227 e. The highest BCUT2D eigenvalue weighted by molar-refractivity contribution is 6.30. The van der Waals surface area contributed by atoms with E-state index in [4.69, 9.17) is 11.6 Å². The molecule has 0 bridgehead atoms. The van der Waals surface area contributed by atoms with Gasteiger partial charge in [-0.15, -0.1) is 0 Å². The monoisotopic (exact) mass is 340 g/mol. The fourth-order valence-corrected chi connectivity index (χ4v) is 3.96. The lowest BCUT2D eigenvalue weighted by molar-refractivity contribution is -0.129. The van der Waals surface area contributed by atoms with Crippen LogP contribution in [0.3, 0.4) is 0 Å². The highest BCUT2D eigenvalue weighted by Crippen LogP contribution is 2.33. The zero-order valence-electron chi connectivity index (χ0n) is 13.6. The van der Waals surface area contributed by atoms with Crippen LogP contribution in [0.5, 0.6) is 0 Å². The van der Waals surface area contributed by atoms with Gasteiger partial charge in [0.05, 0.1) is 6.42 Å². The van der Waals surface area contributed by atoms with Gasteiger partial charge in [0, 0.05) is 43.2 Å². The molecule has 3 nitrogen and oxygen atoms in total. The molecule has 2 fully saturated rings. The molecule has 0 spiro atoms. The molecule has 2 heterocycles. The minimum absolute atomic E-state index is 0.228. The van der Waals surface area contributed by atoms with Crippen molar-refractivity contribution in [2.24, 2.45) is 5.92 Å². The molecule has 2 aliphatic heterocycles. The first-order valence-electron chi connectivity index (χ1n) is 8.49. The van der Waals surface area contributed by atoms with Crippen LogP contribution in [-0.4, -0.2) is 41.4 Å². The number of fused-ring (bicyclic) bond motifs is 1. The standard InChI is InChI=1S/C20H21ClN2O/c21-18-8-6-15(7-9-18)10-20(24)23-13-17-12-22(19(17)14-23)11-16-4-2-1-3-5-16/h1-9,17,19H,10-14H2. The Bertz CT molecular complexity index is 716. The van der Waals surface area contributed by atoms with E-state index < -0.39 is 0 Å². The summed E-state index contributed by atoms with van der Waals surface area (Å²) in [5.41, 5.74) is 2.38. The Morgan fingerprint density at radius 2 is 1.71 bits per heavy atom. The zero-order valence-corrected chi connectivity index (χ0v) is 14.3. The molecule has 4 rings (SSSR count). The van der Waals surface area contributed by atoms with Crippen molar-refractivity contribution < 1.29 is 4.79 Å². The molecular formula is C20H21ClN2O. The van der Waals surface area contributed by atoms with Crippen LogP contribution in [0, 0.1) is 5.92 Å². The van der Waals surface area contributed by atoms with Crippen LogP contribution in [0.25, 0.3) is 0 Å². The van der Waals surface area contributed by atoms with Gasteiger partial charge in [0.25, 0.3) is 0 Å². The van der Waals surface area contributed by atoms with E-state index in [1.54, 1.807) is 0 Å². The third kappa shape index (κ3) is 3.19. The number of carbonyl (C=O) groups is 1. The van der Waals surface area contributed by atoms with E-state index in [0.717, 1.165) is 31.7 Å². The van der Waals surface area contributed by atoms with Crippen molar-refractivity contribution in [2.75, 3.05) is 19.6 Å². The SMILES string of the molecule is O=C(Cc1ccc(Cl)cc1)N1CC2CN(Cc3ccccc3)C2C1. The Morgan fingerprint density at radius 3 is 2.46 bits per heavy atom. The van der Waals surface area contributed by atoms with Gasteiger partial charge in [0.1, 0.15) is 0 Å². The van der Waals surface area contributed by atoms with E-state index in [2.05, 4.69) is 35.2 Å². The summed E-state index contributed by atoms with van der Waals surface area (Å²) in [5.74, 6) is 0.870. The second-order valence-corrected chi connectivity index (χ2v) is 7.28. The fraction of sp³-hybridized carbons (Fsp3) is 0.350. The minimum atomic E-state index is 0.228. The third-order valence-corrected chi connectivity index (χ3v) is 5.45. The van der Waals surface area contributed by atoms with Gasteiger partial charge in [-0.3, -0.25) is 9.69 Å². The highest BCUT2D eigenvalue weighted by Gasteiger charge is 2.46. The maximum absolute atomic E-state index is 12.6. The first kappa shape index (κ1) is 15.7. The lowest BCUT2D eigenvalue weighted by Crippen LogP contribution is -2.54. The number of hydrogen-bond donors (Lipinski definition) is 0. The molecule has 2 aliphatic rings. The van der Waals surface area contributed by atoms with E-state index >= 15 is 0 Å². The van der Waals surface area contributed by atoms with Crippen molar-refractivity contribution in [1.29, 1.82) is 0 Å². The number of halogens is 1. The molecule has 0 aromatic heterocycles. The number of nitrogens with zero attached hydrogens (tertiary/aromatic N) is 2. The van der Waals surface area contributed by atoms with Gasteiger partial charge in [-0.05, 0) is 23.3 Å². The summed E-state index contributed by atoms with van der Waals surface area (Å²) in [5, 5.41) is 0.710. The molecule has 0 saturated carbocycles. The molecule has 4 heteroatoms. The van der Waals surface area contributed by atoms with E-state index in [-0.39, 0.29) is 5.91 Å². The van der Waals surface area contributed by atoms with Crippen molar-refractivity contribution in [3.8, 4) is 0 Å². The lowest BCUT2D eigenvalue weighted by Gasteiger charge is -2.43. The van der Waals surface area contributed by atoms with Crippen LogP contribution in [0.1, 0.15) is 11.1 Å². The third-order valence-electron chi connectivity index (χ3n) is 5.19. The Balaban J connectivity index is 1.33. The first-order chi connectivity index (χ1) is 11.7. The smallest absolute Gasteiger partial charge is 0.227 e. The Labute approximate surface area is 147 Å². The maximum atomic E-state index is 12.6. The number of hydrogen-bond acceptors (Lipinski definition) is 2. The summed E-state index contributed by atoms with van der Waals surface area (Å²) < 4.78 is 0. The van der Waals surface area contributed by atoms with Crippen molar-refractivity contribution >= 4 is 17.5 Å². The number of rotatable bonds is 4. The van der Waals surface area contributed by atoms with Crippen molar-refractivity contribution in [2.45, 2.75) is 19.0 Å². The molecule has 1 amide bonds. The molecule has 0 aliphatic carbocycles. The average molecular weight is 341 g/mol. The molecular weight excluding hydrogens is 320 g/mol. The second-order valence-electron chi connectivity index (χ2n) is 6.84. The Hall–Kier alpha value is -1.84. The molecule has 2 unspecified atom stereocenters. The number of amides is 1. The van der Waals surface area contributed by atoms with E-state index in [0.29, 0.717) is 23.4 Å². The molecule has 2 aromatic rings. The molecule has 2 saturated heterocycles. The molecule has 0 radical (unpaired) electrons. The summed E-state index contributed by atoms with van der Waals surface area (Å²) in [4.78, 5) is 17.1. The average Bonchev–Trinajstić information content (AvgIpc) is 2.93. The minimum Gasteiger partial charge on any atom is -0.340 e. The largest absolute Gasteiger partial charge is 0.340 e.